The minimum Gasteiger partial charge on any atom is -0.310 e. The Bertz CT molecular complexity index is 3740. The monoisotopic (exact) mass is 879 g/mol. The van der Waals surface area contributed by atoms with Crippen molar-refractivity contribution in [1.29, 1.82) is 0 Å². The standard InChI is InChI=1S/C68H49N/c1-67(53-19-5-3-6-20-53)62-26-14-11-24-58(62)60-41-35-51(44-64(60)67)48-33-39-56(40-34-48)69(55-37-31-47(32-38-55)50-30-29-46-17-9-10-18-49(46)43-50)66-28-16-13-23-57(66)52-36-42-61-59-25-12-15-27-63(59)68(2,65(61)45-52)54-21-7-4-8-22-54/h3-45H,1-2H3. The first-order chi connectivity index (χ1) is 34.0. The first kappa shape index (κ1) is 40.7. The molecule has 2 aliphatic carbocycles. The topological polar surface area (TPSA) is 3.24 Å². The molecule has 0 saturated carbocycles. The van der Waals surface area contributed by atoms with Crippen LogP contribution < -0.4 is 4.90 Å². The van der Waals surface area contributed by atoms with Gasteiger partial charge in [-0.25, -0.2) is 0 Å². The predicted molar refractivity (Wildman–Crippen MR) is 290 cm³/mol. The van der Waals surface area contributed by atoms with Gasteiger partial charge >= 0.3 is 0 Å². The van der Waals surface area contributed by atoms with Crippen LogP contribution in [-0.4, -0.2) is 0 Å². The van der Waals surface area contributed by atoms with E-state index < -0.39 is 0 Å². The average molecular weight is 880 g/mol. The van der Waals surface area contributed by atoms with Gasteiger partial charge in [-0.1, -0.05) is 212 Å². The van der Waals surface area contributed by atoms with E-state index in [1.54, 1.807) is 0 Å². The molecule has 11 aromatic rings. The fraction of sp³-hybridized carbons (Fsp3) is 0.0588. The molecule has 69 heavy (non-hydrogen) atoms. The van der Waals surface area contributed by atoms with Crippen LogP contribution in [0.3, 0.4) is 0 Å². The summed E-state index contributed by atoms with van der Waals surface area (Å²) in [6.07, 6.45) is 0. The molecule has 2 aliphatic rings. The second-order valence-corrected chi connectivity index (χ2v) is 19.1. The summed E-state index contributed by atoms with van der Waals surface area (Å²) in [4.78, 5) is 2.44. The summed E-state index contributed by atoms with van der Waals surface area (Å²) in [7, 11) is 0. The molecule has 0 radical (unpaired) electrons. The second kappa shape index (κ2) is 16.1. The molecule has 0 aromatic heterocycles. The Morgan fingerprint density at radius 3 is 1.22 bits per heavy atom. The lowest BCUT2D eigenvalue weighted by atomic mass is 9.74. The Hall–Kier alpha value is -8.52. The molecule has 0 aliphatic heterocycles. The van der Waals surface area contributed by atoms with Crippen molar-refractivity contribution in [1.82, 2.24) is 0 Å². The van der Waals surface area contributed by atoms with E-state index in [1.165, 1.54) is 99.8 Å². The van der Waals surface area contributed by atoms with Gasteiger partial charge in [-0.2, -0.15) is 0 Å². The van der Waals surface area contributed by atoms with Gasteiger partial charge in [-0.15, -0.1) is 0 Å². The Morgan fingerprint density at radius 2 is 0.652 bits per heavy atom. The molecule has 1 heteroatoms. The Morgan fingerprint density at radius 1 is 0.261 bits per heavy atom. The number of nitrogens with zero attached hydrogens (tertiary/aromatic N) is 1. The summed E-state index contributed by atoms with van der Waals surface area (Å²) in [5.41, 5.74) is 23.1. The molecule has 2 unspecified atom stereocenters. The van der Waals surface area contributed by atoms with Gasteiger partial charge < -0.3 is 4.90 Å². The van der Waals surface area contributed by atoms with Gasteiger partial charge in [0.25, 0.3) is 0 Å². The van der Waals surface area contributed by atoms with Crippen LogP contribution in [0.1, 0.15) is 47.2 Å². The van der Waals surface area contributed by atoms with E-state index in [2.05, 4.69) is 280 Å². The molecule has 1 nitrogen and oxygen atoms in total. The number of hydrogen-bond donors (Lipinski definition) is 0. The lowest BCUT2D eigenvalue weighted by Gasteiger charge is -2.30. The van der Waals surface area contributed by atoms with Crippen molar-refractivity contribution in [3.8, 4) is 55.6 Å². The molecular formula is C68H49N. The summed E-state index contributed by atoms with van der Waals surface area (Å²) < 4.78 is 0. The highest BCUT2D eigenvalue weighted by atomic mass is 15.1. The van der Waals surface area contributed by atoms with E-state index in [0.717, 1.165) is 17.1 Å². The maximum Gasteiger partial charge on any atom is 0.0540 e. The maximum atomic E-state index is 2.46. The maximum absolute atomic E-state index is 2.46. The van der Waals surface area contributed by atoms with E-state index in [9.17, 15) is 0 Å². The number of para-hydroxylation sites is 1. The van der Waals surface area contributed by atoms with E-state index >= 15 is 0 Å². The van der Waals surface area contributed by atoms with Crippen LogP contribution in [0.2, 0.25) is 0 Å². The Labute approximate surface area is 405 Å². The van der Waals surface area contributed by atoms with Crippen LogP contribution in [0.4, 0.5) is 17.1 Å². The van der Waals surface area contributed by atoms with Crippen molar-refractivity contribution in [2.45, 2.75) is 24.7 Å². The lowest BCUT2D eigenvalue weighted by Crippen LogP contribution is -2.22. The molecule has 13 rings (SSSR count). The molecule has 326 valence electrons. The summed E-state index contributed by atoms with van der Waals surface area (Å²) in [5.74, 6) is 0. The highest BCUT2D eigenvalue weighted by molar-refractivity contribution is 5.93. The zero-order valence-electron chi connectivity index (χ0n) is 38.8. The Balaban J connectivity index is 0.933. The number of fused-ring (bicyclic) bond motifs is 7. The fourth-order valence-electron chi connectivity index (χ4n) is 11.8. The van der Waals surface area contributed by atoms with Crippen LogP contribution >= 0.6 is 0 Å². The molecule has 0 amide bonds. The zero-order valence-corrected chi connectivity index (χ0v) is 38.8. The molecule has 0 fully saturated rings. The quantitative estimate of drug-likeness (QED) is 0.147. The van der Waals surface area contributed by atoms with Gasteiger partial charge in [0.2, 0.25) is 0 Å². The van der Waals surface area contributed by atoms with Crippen molar-refractivity contribution in [3.63, 3.8) is 0 Å². The van der Waals surface area contributed by atoms with Crippen LogP contribution in [0.15, 0.2) is 261 Å². The SMILES string of the molecule is CC1(c2ccccc2)c2ccccc2-c2ccc(-c3ccc(N(c4ccc(-c5ccc6ccccc6c5)cc4)c4ccccc4-c4ccc5c(c4)C(C)(c4ccccc4)c4ccccc4-5)cc3)cc21. The van der Waals surface area contributed by atoms with Gasteiger partial charge in [-0.05, 0) is 157 Å². The normalized spacial score (nSPS) is 16.4. The van der Waals surface area contributed by atoms with Gasteiger partial charge in [0.05, 0.1) is 5.69 Å². The van der Waals surface area contributed by atoms with Gasteiger partial charge in [-0.3, -0.25) is 0 Å². The molecule has 2 atom stereocenters. The zero-order chi connectivity index (χ0) is 46.1. The molecule has 0 heterocycles. The van der Waals surface area contributed by atoms with Gasteiger partial charge in [0.15, 0.2) is 0 Å². The third-order valence-electron chi connectivity index (χ3n) is 15.5. The van der Waals surface area contributed by atoms with Crippen molar-refractivity contribution in [2.24, 2.45) is 0 Å². The minimum atomic E-state index is -0.300. The molecular weight excluding hydrogens is 831 g/mol. The number of anilines is 3. The van der Waals surface area contributed by atoms with Crippen molar-refractivity contribution >= 4 is 27.8 Å². The fourth-order valence-corrected chi connectivity index (χ4v) is 11.8. The minimum absolute atomic E-state index is 0.262. The number of rotatable bonds is 8. The molecule has 11 aromatic carbocycles. The number of benzene rings is 11. The van der Waals surface area contributed by atoms with Crippen LogP contribution in [0.25, 0.3) is 66.4 Å². The van der Waals surface area contributed by atoms with Crippen LogP contribution in [-0.2, 0) is 10.8 Å². The highest BCUT2D eigenvalue weighted by Crippen LogP contribution is 2.55. The van der Waals surface area contributed by atoms with Gasteiger partial charge in [0.1, 0.15) is 0 Å². The van der Waals surface area contributed by atoms with E-state index in [4.69, 9.17) is 0 Å². The summed E-state index contributed by atoms with van der Waals surface area (Å²) >= 11 is 0. The van der Waals surface area contributed by atoms with Crippen LogP contribution in [0.5, 0.6) is 0 Å². The molecule has 0 bridgehead atoms. The second-order valence-electron chi connectivity index (χ2n) is 19.1. The summed E-state index contributed by atoms with van der Waals surface area (Å²) in [6.45, 7) is 4.79. The summed E-state index contributed by atoms with van der Waals surface area (Å²) in [6, 6.07) is 96.6. The smallest absolute Gasteiger partial charge is 0.0540 e. The van der Waals surface area contributed by atoms with Crippen molar-refractivity contribution in [2.75, 3.05) is 4.90 Å². The van der Waals surface area contributed by atoms with E-state index in [0.29, 0.717) is 0 Å². The van der Waals surface area contributed by atoms with E-state index in [1.807, 2.05) is 0 Å². The molecule has 0 N–H and O–H groups in total. The third-order valence-corrected chi connectivity index (χ3v) is 15.5. The van der Waals surface area contributed by atoms with E-state index in [-0.39, 0.29) is 10.8 Å². The average Bonchev–Trinajstić information content (AvgIpc) is 3.84. The van der Waals surface area contributed by atoms with Crippen LogP contribution in [0, 0.1) is 0 Å². The lowest BCUT2D eigenvalue weighted by molar-refractivity contribution is 0.714. The van der Waals surface area contributed by atoms with Crippen molar-refractivity contribution in [3.05, 3.63) is 294 Å². The summed E-state index contributed by atoms with van der Waals surface area (Å²) in [5, 5.41) is 2.49. The first-order valence-electron chi connectivity index (χ1n) is 24.2. The first-order valence-corrected chi connectivity index (χ1v) is 24.2. The van der Waals surface area contributed by atoms with Crippen molar-refractivity contribution < 1.29 is 0 Å². The third kappa shape index (κ3) is 6.46. The van der Waals surface area contributed by atoms with Gasteiger partial charge in [0, 0.05) is 27.8 Å². The Kier molecular flexibility index (Phi) is 9.49. The predicted octanol–water partition coefficient (Wildman–Crippen LogP) is 18.0. The highest BCUT2D eigenvalue weighted by Gasteiger charge is 2.42. The number of hydrogen-bond acceptors (Lipinski definition) is 1. The molecule has 0 saturated heterocycles. The largest absolute Gasteiger partial charge is 0.310 e. The molecule has 0 spiro atoms.